The quantitative estimate of drug-likeness (QED) is 0.419. The highest BCUT2D eigenvalue weighted by atomic mass is 16.5. The first-order valence-corrected chi connectivity index (χ1v) is 8.44. The number of carbonyl (C=O) groups excluding carboxylic acids is 2. The van der Waals surface area contributed by atoms with Gasteiger partial charge in [0, 0.05) is 0 Å². The van der Waals surface area contributed by atoms with E-state index in [0.29, 0.717) is 35.3 Å². The Labute approximate surface area is 157 Å². The monoisotopic (exact) mass is 373 g/mol. The lowest BCUT2D eigenvalue weighted by molar-refractivity contribution is -0.139. The zero-order valence-corrected chi connectivity index (χ0v) is 15.5. The average molecular weight is 373 g/mol. The Morgan fingerprint density at radius 2 is 2.04 bits per heavy atom. The van der Waals surface area contributed by atoms with Crippen LogP contribution in [0, 0.1) is 5.92 Å². The smallest absolute Gasteiger partial charge is 0.329 e. The number of methoxy groups -OCH3 is 1. The number of hydrazone groups is 1. The van der Waals surface area contributed by atoms with Crippen molar-refractivity contribution in [2.75, 3.05) is 13.7 Å². The lowest BCUT2D eigenvalue weighted by Gasteiger charge is -2.12. The van der Waals surface area contributed by atoms with Crippen molar-refractivity contribution in [2.45, 2.75) is 20.4 Å². The highest BCUT2D eigenvalue weighted by Gasteiger charge is 2.12. The van der Waals surface area contributed by atoms with E-state index >= 15 is 0 Å². The number of furan rings is 1. The summed E-state index contributed by atoms with van der Waals surface area (Å²) < 4.78 is 16.0. The first kappa shape index (κ1) is 20.0. The number of hydrogen-bond donors (Lipinski definition) is 2. The van der Waals surface area contributed by atoms with Gasteiger partial charge in [0.2, 0.25) is 0 Å². The van der Waals surface area contributed by atoms with Gasteiger partial charge >= 0.3 is 11.8 Å². The van der Waals surface area contributed by atoms with Crippen LogP contribution in [-0.2, 0) is 16.1 Å². The van der Waals surface area contributed by atoms with Crippen molar-refractivity contribution in [1.82, 2.24) is 10.7 Å². The molecule has 1 aromatic carbocycles. The highest BCUT2D eigenvalue weighted by Crippen LogP contribution is 2.27. The van der Waals surface area contributed by atoms with Crippen LogP contribution in [0.15, 0.2) is 46.1 Å². The van der Waals surface area contributed by atoms with Crippen molar-refractivity contribution in [3.05, 3.63) is 47.9 Å². The summed E-state index contributed by atoms with van der Waals surface area (Å²) >= 11 is 0. The number of carbonyl (C=O) groups is 2. The Bertz CT molecular complexity index is 785. The standard InChI is InChI=1S/C19H23N3O5/c1-13(2)12-27-16-7-6-14(9-17(16)25-3)10-21-22-19(24)18(23)20-11-15-5-4-8-26-15/h4-10,13H,11-12H2,1-3H3,(H,20,23)(H,22,24)/b21-10-. The van der Waals surface area contributed by atoms with E-state index in [0.717, 1.165) is 0 Å². The Morgan fingerprint density at radius 1 is 1.22 bits per heavy atom. The van der Waals surface area contributed by atoms with Crippen LogP contribution in [0.5, 0.6) is 11.5 Å². The molecule has 27 heavy (non-hydrogen) atoms. The zero-order chi connectivity index (χ0) is 19.6. The number of nitrogens with zero attached hydrogens (tertiary/aromatic N) is 1. The zero-order valence-electron chi connectivity index (χ0n) is 15.5. The molecule has 2 rings (SSSR count). The van der Waals surface area contributed by atoms with Gasteiger partial charge in [-0.1, -0.05) is 13.8 Å². The average Bonchev–Trinajstić information content (AvgIpc) is 3.18. The molecule has 0 aliphatic heterocycles. The molecule has 0 saturated heterocycles. The first-order chi connectivity index (χ1) is 13.0. The van der Waals surface area contributed by atoms with Crippen molar-refractivity contribution in [3.63, 3.8) is 0 Å². The van der Waals surface area contributed by atoms with Crippen molar-refractivity contribution < 1.29 is 23.5 Å². The van der Waals surface area contributed by atoms with Crippen LogP contribution in [0.4, 0.5) is 0 Å². The highest BCUT2D eigenvalue weighted by molar-refractivity contribution is 6.35. The van der Waals surface area contributed by atoms with E-state index in [2.05, 4.69) is 29.7 Å². The van der Waals surface area contributed by atoms with Crippen LogP contribution >= 0.6 is 0 Å². The third-order valence-electron chi connectivity index (χ3n) is 3.35. The number of ether oxygens (including phenoxy) is 2. The van der Waals surface area contributed by atoms with Crippen LogP contribution in [0.3, 0.4) is 0 Å². The number of rotatable bonds is 8. The third-order valence-corrected chi connectivity index (χ3v) is 3.35. The van der Waals surface area contributed by atoms with Crippen LogP contribution in [0.25, 0.3) is 0 Å². The largest absolute Gasteiger partial charge is 0.493 e. The predicted octanol–water partition coefficient (Wildman–Crippen LogP) is 2.09. The summed E-state index contributed by atoms with van der Waals surface area (Å²) in [4.78, 5) is 23.4. The Kier molecular flexibility index (Phi) is 7.42. The topological polar surface area (TPSA) is 102 Å². The van der Waals surface area contributed by atoms with Crippen LogP contribution < -0.4 is 20.2 Å². The molecule has 0 radical (unpaired) electrons. The third kappa shape index (κ3) is 6.50. The van der Waals surface area contributed by atoms with Crippen molar-refractivity contribution in [3.8, 4) is 11.5 Å². The molecule has 8 nitrogen and oxygen atoms in total. The van der Waals surface area contributed by atoms with E-state index in [9.17, 15) is 9.59 Å². The fraction of sp³-hybridized carbons (Fsp3) is 0.316. The number of hydrogen-bond acceptors (Lipinski definition) is 6. The second-order valence-electron chi connectivity index (χ2n) is 6.08. The Morgan fingerprint density at radius 3 is 2.70 bits per heavy atom. The normalized spacial score (nSPS) is 10.8. The molecular formula is C19H23N3O5. The summed E-state index contributed by atoms with van der Waals surface area (Å²) in [5, 5.41) is 6.21. The summed E-state index contributed by atoms with van der Waals surface area (Å²) in [5.41, 5.74) is 2.85. The fourth-order valence-corrected chi connectivity index (χ4v) is 2.02. The van der Waals surface area contributed by atoms with Gasteiger partial charge in [0.15, 0.2) is 11.5 Å². The lowest BCUT2D eigenvalue weighted by atomic mass is 10.2. The molecule has 0 saturated carbocycles. The van der Waals surface area contributed by atoms with E-state index in [1.165, 1.54) is 12.5 Å². The predicted molar refractivity (Wildman–Crippen MR) is 99.6 cm³/mol. The minimum absolute atomic E-state index is 0.123. The molecule has 0 aliphatic carbocycles. The van der Waals surface area contributed by atoms with E-state index in [1.54, 1.807) is 37.4 Å². The van der Waals surface area contributed by atoms with Gasteiger partial charge in [0.05, 0.1) is 32.7 Å². The van der Waals surface area contributed by atoms with Gasteiger partial charge in [-0.15, -0.1) is 0 Å². The number of amides is 2. The summed E-state index contributed by atoms with van der Waals surface area (Å²) in [6.07, 6.45) is 2.89. The van der Waals surface area contributed by atoms with E-state index < -0.39 is 11.8 Å². The SMILES string of the molecule is COc1cc(/C=N\NC(=O)C(=O)NCc2ccco2)ccc1OCC(C)C. The molecule has 1 aromatic heterocycles. The second-order valence-corrected chi connectivity index (χ2v) is 6.08. The number of benzene rings is 1. The summed E-state index contributed by atoms with van der Waals surface area (Å²) in [7, 11) is 1.55. The van der Waals surface area contributed by atoms with Crippen LogP contribution in [0.1, 0.15) is 25.2 Å². The second kappa shape index (κ2) is 10.0. The van der Waals surface area contributed by atoms with Gasteiger partial charge in [0.25, 0.3) is 0 Å². The van der Waals surface area contributed by atoms with Gasteiger partial charge in [-0.2, -0.15) is 5.10 Å². The van der Waals surface area contributed by atoms with E-state index in [1.807, 2.05) is 0 Å². The molecule has 144 valence electrons. The summed E-state index contributed by atoms with van der Waals surface area (Å²) in [6.45, 7) is 4.81. The molecule has 0 spiro atoms. The maximum atomic E-state index is 11.7. The first-order valence-electron chi connectivity index (χ1n) is 8.44. The molecule has 0 fully saturated rings. The van der Waals surface area contributed by atoms with Crippen molar-refractivity contribution in [1.29, 1.82) is 0 Å². The Balaban J connectivity index is 1.87. The van der Waals surface area contributed by atoms with Gasteiger partial charge < -0.3 is 19.2 Å². The molecular weight excluding hydrogens is 350 g/mol. The van der Waals surface area contributed by atoms with E-state index in [4.69, 9.17) is 13.9 Å². The molecule has 0 atom stereocenters. The van der Waals surface area contributed by atoms with Gasteiger partial charge in [-0.05, 0) is 41.8 Å². The minimum atomic E-state index is -0.873. The summed E-state index contributed by atoms with van der Waals surface area (Å²) in [6, 6.07) is 8.64. The molecule has 0 unspecified atom stereocenters. The lowest BCUT2D eigenvalue weighted by Crippen LogP contribution is -2.37. The molecule has 0 aliphatic rings. The molecule has 2 amide bonds. The molecule has 8 heteroatoms. The summed E-state index contributed by atoms with van der Waals surface area (Å²) in [5.74, 6) is 0.448. The molecule has 1 heterocycles. The van der Waals surface area contributed by atoms with Gasteiger partial charge in [-0.3, -0.25) is 9.59 Å². The van der Waals surface area contributed by atoms with Crippen molar-refractivity contribution >= 4 is 18.0 Å². The molecule has 0 bridgehead atoms. The molecule has 2 aromatic rings. The maximum Gasteiger partial charge on any atom is 0.329 e. The van der Waals surface area contributed by atoms with Gasteiger partial charge in [0.1, 0.15) is 5.76 Å². The number of nitrogens with one attached hydrogen (secondary N) is 2. The molecule has 2 N–H and O–H groups in total. The fourth-order valence-electron chi connectivity index (χ4n) is 2.02. The van der Waals surface area contributed by atoms with Crippen LogP contribution in [0.2, 0.25) is 0 Å². The van der Waals surface area contributed by atoms with Crippen molar-refractivity contribution in [2.24, 2.45) is 11.0 Å². The Hall–Kier alpha value is -3.29. The van der Waals surface area contributed by atoms with E-state index in [-0.39, 0.29) is 6.54 Å². The maximum absolute atomic E-state index is 11.7. The van der Waals surface area contributed by atoms with Gasteiger partial charge in [-0.25, -0.2) is 5.43 Å². The van der Waals surface area contributed by atoms with Crippen LogP contribution in [-0.4, -0.2) is 31.7 Å². The minimum Gasteiger partial charge on any atom is -0.493 e.